The average molecular weight is 370 g/mol. The Morgan fingerprint density at radius 2 is 1.69 bits per heavy atom. The molecule has 2 unspecified atom stereocenters. The molecule has 1 nitrogen and oxygen atoms in total. The monoisotopic (exact) mass is 368 g/mol. The van der Waals surface area contributed by atoms with Crippen LogP contribution in [0.5, 0.6) is 0 Å². The minimum Gasteiger partial charge on any atom is -0.361 e. The summed E-state index contributed by atoms with van der Waals surface area (Å²) in [6.07, 6.45) is 5.70. The van der Waals surface area contributed by atoms with Gasteiger partial charge in [-0.3, -0.25) is 0 Å². The lowest BCUT2D eigenvalue weighted by atomic mass is 9.98. The van der Waals surface area contributed by atoms with E-state index in [1.54, 1.807) is 0 Å². The zero-order chi connectivity index (χ0) is 11.6. The van der Waals surface area contributed by atoms with Gasteiger partial charge in [0.1, 0.15) is 4.93 Å². The summed E-state index contributed by atoms with van der Waals surface area (Å²) in [4.78, 5) is 0.0454. The Balaban J connectivity index is 1.69. The summed E-state index contributed by atoms with van der Waals surface area (Å²) < 4.78 is 6.42. The molecule has 4 heteroatoms. The predicted molar refractivity (Wildman–Crippen MR) is 76.4 cm³/mol. The Kier molecular flexibility index (Phi) is 2.99. The van der Waals surface area contributed by atoms with E-state index < -0.39 is 0 Å². The molecule has 3 rings (SSSR count). The van der Waals surface area contributed by atoms with E-state index in [2.05, 4.69) is 45.7 Å². The summed E-state index contributed by atoms with van der Waals surface area (Å²) in [6.45, 7) is 4.42. The van der Waals surface area contributed by atoms with Crippen LogP contribution in [0.25, 0.3) is 0 Å². The second kappa shape index (κ2) is 3.88. The predicted octanol–water partition coefficient (Wildman–Crippen LogP) is 4.53. The first kappa shape index (κ1) is 12.3. The molecule has 0 N–H and O–H groups in total. The van der Waals surface area contributed by atoms with Crippen molar-refractivity contribution in [3.05, 3.63) is 0 Å². The molecule has 1 saturated heterocycles. The van der Waals surface area contributed by atoms with Crippen molar-refractivity contribution in [1.82, 2.24) is 0 Å². The smallest absolute Gasteiger partial charge is 0.108 e. The summed E-state index contributed by atoms with van der Waals surface area (Å²) in [6, 6.07) is 0. The summed E-state index contributed by atoms with van der Waals surface area (Å²) in [5.41, 5.74) is 0. The molecule has 4 atom stereocenters. The quantitative estimate of drug-likeness (QED) is 0.580. The number of alkyl halides is 2. The van der Waals surface area contributed by atoms with Crippen molar-refractivity contribution in [3.8, 4) is 0 Å². The van der Waals surface area contributed by atoms with Crippen molar-refractivity contribution in [2.75, 3.05) is 0 Å². The van der Waals surface area contributed by atoms with Gasteiger partial charge in [-0.1, -0.05) is 31.9 Å². The fraction of sp³-hybridized carbons (Fsp3) is 1.00. The van der Waals surface area contributed by atoms with Gasteiger partial charge < -0.3 is 4.74 Å². The van der Waals surface area contributed by atoms with Crippen LogP contribution in [0.2, 0.25) is 0 Å². The molecule has 0 aromatic heterocycles. The van der Waals surface area contributed by atoms with Crippen LogP contribution in [0.15, 0.2) is 0 Å². The number of thioether (sulfide) groups is 1. The lowest BCUT2D eigenvalue weighted by Gasteiger charge is -2.20. The molecule has 0 aromatic carbocycles. The third kappa shape index (κ3) is 2.02. The van der Waals surface area contributed by atoms with Crippen molar-refractivity contribution in [2.45, 2.75) is 59.1 Å². The lowest BCUT2D eigenvalue weighted by Crippen LogP contribution is -2.23. The Labute approximate surface area is 119 Å². The van der Waals surface area contributed by atoms with Crippen molar-refractivity contribution >= 4 is 43.6 Å². The second-order valence-electron chi connectivity index (χ2n) is 5.75. The average Bonchev–Trinajstić information content (AvgIpc) is 2.49. The summed E-state index contributed by atoms with van der Waals surface area (Å²) in [5, 5.41) is 0.729. The van der Waals surface area contributed by atoms with Crippen LogP contribution in [0, 0.1) is 11.8 Å². The van der Waals surface area contributed by atoms with Crippen molar-refractivity contribution in [1.29, 1.82) is 0 Å². The molecule has 3 fully saturated rings. The van der Waals surface area contributed by atoms with Gasteiger partial charge in [0.25, 0.3) is 0 Å². The minimum absolute atomic E-state index is 0.0454. The molecule has 1 aliphatic heterocycles. The van der Waals surface area contributed by atoms with Crippen molar-refractivity contribution in [3.63, 3.8) is 0 Å². The number of ether oxygens (including phenoxy) is 1. The summed E-state index contributed by atoms with van der Waals surface area (Å²) >= 11 is 9.68. The molecule has 0 bridgehead atoms. The highest BCUT2D eigenvalue weighted by Gasteiger charge is 2.62. The molecule has 1 heterocycles. The van der Waals surface area contributed by atoms with Crippen LogP contribution in [0.3, 0.4) is 0 Å². The molecular weight excluding hydrogens is 352 g/mol. The van der Waals surface area contributed by atoms with Gasteiger partial charge in [0, 0.05) is 5.25 Å². The summed E-state index contributed by atoms with van der Waals surface area (Å²) in [5.74, 6) is 1.67. The molecule has 0 radical (unpaired) electrons. The van der Waals surface area contributed by atoms with E-state index in [1.165, 1.54) is 25.7 Å². The number of hydrogen-bond acceptors (Lipinski definition) is 2. The molecule has 0 amide bonds. The van der Waals surface area contributed by atoms with Gasteiger partial charge >= 0.3 is 0 Å². The van der Waals surface area contributed by atoms with Crippen LogP contribution in [0.4, 0.5) is 0 Å². The molecule has 0 aromatic rings. The van der Waals surface area contributed by atoms with Gasteiger partial charge in [-0.2, -0.15) is 0 Å². The Morgan fingerprint density at radius 3 is 2.38 bits per heavy atom. The van der Waals surface area contributed by atoms with E-state index in [0.717, 1.165) is 17.1 Å². The van der Waals surface area contributed by atoms with E-state index in [1.807, 2.05) is 11.8 Å². The van der Waals surface area contributed by atoms with Gasteiger partial charge in [-0.05, 0) is 51.4 Å². The third-order valence-electron chi connectivity index (χ3n) is 4.17. The Morgan fingerprint density at radius 1 is 1.06 bits per heavy atom. The zero-order valence-electron chi connectivity index (χ0n) is 9.71. The highest BCUT2D eigenvalue weighted by atomic mass is 79.9. The van der Waals surface area contributed by atoms with E-state index in [4.69, 9.17) is 4.74 Å². The lowest BCUT2D eigenvalue weighted by molar-refractivity contribution is -0.00317. The van der Waals surface area contributed by atoms with Crippen LogP contribution in [-0.4, -0.2) is 19.5 Å². The maximum Gasteiger partial charge on any atom is 0.108 e. The number of fused-ring (bicyclic) bond motifs is 2. The van der Waals surface area contributed by atoms with Crippen LogP contribution < -0.4 is 0 Å². The molecule has 3 aliphatic rings. The largest absolute Gasteiger partial charge is 0.361 e. The van der Waals surface area contributed by atoms with Crippen LogP contribution >= 0.6 is 43.6 Å². The number of hydrogen-bond donors (Lipinski definition) is 0. The van der Waals surface area contributed by atoms with E-state index in [0.29, 0.717) is 6.10 Å². The summed E-state index contributed by atoms with van der Waals surface area (Å²) in [7, 11) is 0. The first-order valence-corrected chi connectivity index (χ1v) is 8.60. The third-order valence-corrected chi connectivity index (χ3v) is 8.03. The molecule has 0 spiro atoms. The molecule has 2 aliphatic carbocycles. The fourth-order valence-electron chi connectivity index (χ4n) is 3.33. The van der Waals surface area contributed by atoms with Crippen LogP contribution in [-0.2, 0) is 4.74 Å². The van der Waals surface area contributed by atoms with Gasteiger partial charge in [-0.15, -0.1) is 11.8 Å². The standard InChI is InChI=1S/C12H18Br2OS/c1-11(2)15-9-5-3-7-8(12(7,13)14)4-6-10(9)16-11/h7-10H,3-6H2,1-2H3/t7?,8?,9-,10-/m1/s1. The normalized spacial score (nSPS) is 48.8. The molecule has 16 heavy (non-hydrogen) atoms. The maximum absolute atomic E-state index is 6.16. The van der Waals surface area contributed by atoms with Gasteiger partial charge in [-0.25, -0.2) is 0 Å². The maximum atomic E-state index is 6.16. The van der Waals surface area contributed by atoms with Gasteiger partial charge in [0.15, 0.2) is 0 Å². The topological polar surface area (TPSA) is 9.23 Å². The molecule has 92 valence electrons. The van der Waals surface area contributed by atoms with Gasteiger partial charge in [0.05, 0.1) is 9.34 Å². The van der Waals surface area contributed by atoms with E-state index >= 15 is 0 Å². The first-order chi connectivity index (χ1) is 7.40. The first-order valence-electron chi connectivity index (χ1n) is 6.13. The van der Waals surface area contributed by atoms with Crippen molar-refractivity contribution in [2.24, 2.45) is 11.8 Å². The van der Waals surface area contributed by atoms with Crippen molar-refractivity contribution < 1.29 is 4.74 Å². The van der Waals surface area contributed by atoms with Crippen LogP contribution in [0.1, 0.15) is 39.5 Å². The second-order valence-corrected chi connectivity index (χ2v) is 11.3. The number of halogens is 2. The molecular formula is C12H18Br2OS. The Bertz CT molecular complexity index is 277. The molecule has 2 saturated carbocycles. The highest BCUT2D eigenvalue weighted by Crippen LogP contribution is 2.67. The van der Waals surface area contributed by atoms with Gasteiger partial charge in [0.2, 0.25) is 0 Å². The van der Waals surface area contributed by atoms with E-state index in [-0.39, 0.29) is 8.17 Å². The SMILES string of the molecule is CC1(C)O[C@@H]2CCC3C(CC[C@H]2S1)C3(Br)Br. The zero-order valence-corrected chi connectivity index (χ0v) is 13.7. The highest BCUT2D eigenvalue weighted by molar-refractivity contribution is 9.25. The number of rotatable bonds is 0. The fourth-order valence-corrected chi connectivity index (χ4v) is 6.77. The Hall–Kier alpha value is 1.27. The van der Waals surface area contributed by atoms with E-state index in [9.17, 15) is 0 Å². The minimum atomic E-state index is 0.0454.